The Morgan fingerprint density at radius 2 is 1.64 bits per heavy atom. The monoisotopic (exact) mass is 336 g/mol. The first-order chi connectivity index (χ1) is 12.2. The van der Waals surface area contributed by atoms with E-state index in [2.05, 4.69) is 65.6 Å². The maximum atomic E-state index is 11.8. The second-order valence-electron chi connectivity index (χ2n) is 7.02. The third-order valence-corrected chi connectivity index (χ3v) is 5.43. The lowest BCUT2D eigenvalue weighted by atomic mass is 9.76. The van der Waals surface area contributed by atoms with Crippen LogP contribution in [0.3, 0.4) is 0 Å². The number of primary amides is 1. The van der Waals surface area contributed by atoms with E-state index in [9.17, 15) is 4.79 Å². The van der Waals surface area contributed by atoms with E-state index in [1.165, 1.54) is 17.5 Å². The summed E-state index contributed by atoms with van der Waals surface area (Å²) in [4.78, 5) is 14.1. The molecule has 2 unspecified atom stereocenters. The minimum absolute atomic E-state index is 0.144. The van der Waals surface area contributed by atoms with Crippen LogP contribution in [0.2, 0.25) is 0 Å². The van der Waals surface area contributed by atoms with Gasteiger partial charge >= 0.3 is 0 Å². The summed E-state index contributed by atoms with van der Waals surface area (Å²) < 4.78 is 0. The molecule has 1 heterocycles. The van der Waals surface area contributed by atoms with Crippen molar-refractivity contribution in [3.05, 3.63) is 71.8 Å². The number of piperidine rings is 1. The standard InChI is InChI=1S/C22H28N2O/c1-2-20(22(23)25)24-15-9-14-19(16-24)21(17-10-5-3-6-11-17)18-12-7-4-8-13-18/h3-8,10-13,19-21H,2,9,14-16H2,1H3,(H2,23,25). The van der Waals surface area contributed by atoms with Gasteiger partial charge in [-0.25, -0.2) is 0 Å². The van der Waals surface area contributed by atoms with Gasteiger partial charge < -0.3 is 5.73 Å². The second-order valence-corrected chi connectivity index (χ2v) is 7.02. The van der Waals surface area contributed by atoms with Gasteiger partial charge in [0.25, 0.3) is 0 Å². The number of nitrogens with zero attached hydrogens (tertiary/aromatic N) is 1. The molecule has 2 N–H and O–H groups in total. The quantitative estimate of drug-likeness (QED) is 0.872. The zero-order valence-electron chi connectivity index (χ0n) is 15.0. The van der Waals surface area contributed by atoms with Gasteiger partial charge in [0.1, 0.15) is 0 Å². The number of nitrogens with two attached hydrogens (primary N) is 1. The molecule has 2 aromatic rings. The predicted octanol–water partition coefficient (Wildman–Crippen LogP) is 3.79. The van der Waals surface area contributed by atoms with Crippen LogP contribution >= 0.6 is 0 Å². The average molecular weight is 336 g/mol. The third kappa shape index (κ3) is 4.10. The van der Waals surface area contributed by atoms with Crippen LogP contribution in [-0.4, -0.2) is 29.9 Å². The molecule has 3 heteroatoms. The SMILES string of the molecule is CCC(C(N)=O)N1CCCC(C(c2ccccc2)c2ccccc2)C1. The molecular formula is C22H28N2O. The molecule has 1 aliphatic rings. The number of hydrogen-bond acceptors (Lipinski definition) is 2. The number of carbonyl (C=O) groups is 1. The molecule has 0 spiro atoms. The van der Waals surface area contributed by atoms with Gasteiger partial charge in [-0.05, 0) is 42.9 Å². The van der Waals surface area contributed by atoms with Crippen molar-refractivity contribution in [2.45, 2.75) is 38.1 Å². The van der Waals surface area contributed by atoms with Crippen molar-refractivity contribution in [3.8, 4) is 0 Å². The summed E-state index contributed by atoms with van der Waals surface area (Å²) in [7, 11) is 0. The molecule has 132 valence electrons. The Balaban J connectivity index is 1.90. The molecule has 0 radical (unpaired) electrons. The van der Waals surface area contributed by atoms with Gasteiger partial charge in [-0.15, -0.1) is 0 Å². The smallest absolute Gasteiger partial charge is 0.234 e. The molecule has 3 nitrogen and oxygen atoms in total. The first-order valence-corrected chi connectivity index (χ1v) is 9.34. The van der Waals surface area contributed by atoms with E-state index in [0.717, 1.165) is 25.9 Å². The van der Waals surface area contributed by atoms with Gasteiger partial charge in [-0.1, -0.05) is 67.6 Å². The minimum Gasteiger partial charge on any atom is -0.368 e. The average Bonchev–Trinajstić information content (AvgIpc) is 2.64. The van der Waals surface area contributed by atoms with Gasteiger partial charge in [0.2, 0.25) is 5.91 Å². The largest absolute Gasteiger partial charge is 0.368 e. The molecular weight excluding hydrogens is 308 g/mol. The summed E-state index contributed by atoms with van der Waals surface area (Å²) in [5.74, 6) is 0.654. The number of hydrogen-bond donors (Lipinski definition) is 1. The van der Waals surface area contributed by atoms with Crippen LogP contribution in [0.5, 0.6) is 0 Å². The van der Waals surface area contributed by atoms with E-state index in [0.29, 0.717) is 11.8 Å². The van der Waals surface area contributed by atoms with Crippen LogP contribution in [0.25, 0.3) is 0 Å². The lowest BCUT2D eigenvalue weighted by Crippen LogP contribution is -2.49. The van der Waals surface area contributed by atoms with Gasteiger partial charge in [-0.2, -0.15) is 0 Å². The maximum Gasteiger partial charge on any atom is 0.234 e. The molecule has 0 saturated carbocycles. The van der Waals surface area contributed by atoms with Crippen molar-refractivity contribution in [1.29, 1.82) is 0 Å². The third-order valence-electron chi connectivity index (χ3n) is 5.43. The van der Waals surface area contributed by atoms with Crippen LogP contribution in [0, 0.1) is 5.92 Å². The van der Waals surface area contributed by atoms with Crippen LogP contribution in [0.15, 0.2) is 60.7 Å². The van der Waals surface area contributed by atoms with Crippen molar-refractivity contribution in [2.75, 3.05) is 13.1 Å². The normalized spacial score (nSPS) is 19.7. The van der Waals surface area contributed by atoms with Gasteiger partial charge in [0, 0.05) is 12.5 Å². The van der Waals surface area contributed by atoms with E-state index in [-0.39, 0.29) is 11.9 Å². The van der Waals surface area contributed by atoms with Crippen LogP contribution < -0.4 is 5.73 Å². The Kier molecular flexibility index (Phi) is 5.87. The highest BCUT2D eigenvalue weighted by molar-refractivity contribution is 5.79. The molecule has 25 heavy (non-hydrogen) atoms. The van der Waals surface area contributed by atoms with E-state index in [4.69, 9.17) is 5.73 Å². The highest BCUT2D eigenvalue weighted by Gasteiger charge is 2.33. The maximum absolute atomic E-state index is 11.8. The van der Waals surface area contributed by atoms with Crippen LogP contribution in [0.4, 0.5) is 0 Å². The molecule has 0 aromatic heterocycles. The zero-order chi connectivity index (χ0) is 17.6. The number of rotatable bonds is 6. The molecule has 1 amide bonds. The number of carbonyl (C=O) groups excluding carboxylic acids is 1. The summed E-state index contributed by atoms with van der Waals surface area (Å²) in [5, 5.41) is 0. The second kappa shape index (κ2) is 8.30. The lowest BCUT2D eigenvalue weighted by Gasteiger charge is -2.40. The van der Waals surface area contributed by atoms with Crippen molar-refractivity contribution < 1.29 is 4.79 Å². The Labute approximate surface area is 150 Å². The topological polar surface area (TPSA) is 46.3 Å². The molecule has 2 aromatic carbocycles. The first-order valence-electron chi connectivity index (χ1n) is 9.34. The molecule has 1 saturated heterocycles. The molecule has 1 aliphatic heterocycles. The lowest BCUT2D eigenvalue weighted by molar-refractivity contribution is -0.124. The Hall–Kier alpha value is -2.13. The van der Waals surface area contributed by atoms with Crippen molar-refractivity contribution in [2.24, 2.45) is 11.7 Å². The fourth-order valence-electron chi connectivity index (χ4n) is 4.29. The highest BCUT2D eigenvalue weighted by atomic mass is 16.1. The van der Waals surface area contributed by atoms with E-state index >= 15 is 0 Å². The molecule has 0 bridgehead atoms. The minimum atomic E-state index is -0.195. The highest BCUT2D eigenvalue weighted by Crippen LogP contribution is 2.37. The number of likely N-dealkylation sites (tertiary alicyclic amines) is 1. The predicted molar refractivity (Wildman–Crippen MR) is 102 cm³/mol. The van der Waals surface area contributed by atoms with Gasteiger partial charge in [0.05, 0.1) is 6.04 Å². The molecule has 2 atom stereocenters. The van der Waals surface area contributed by atoms with Crippen molar-refractivity contribution in [1.82, 2.24) is 4.90 Å². The van der Waals surface area contributed by atoms with Crippen LogP contribution in [-0.2, 0) is 4.79 Å². The van der Waals surface area contributed by atoms with Gasteiger partial charge in [-0.3, -0.25) is 9.69 Å². The fourth-order valence-corrected chi connectivity index (χ4v) is 4.29. The number of amides is 1. The Morgan fingerprint density at radius 3 is 2.12 bits per heavy atom. The van der Waals surface area contributed by atoms with Crippen molar-refractivity contribution in [3.63, 3.8) is 0 Å². The molecule has 0 aliphatic carbocycles. The molecule has 1 fully saturated rings. The Morgan fingerprint density at radius 1 is 1.08 bits per heavy atom. The van der Waals surface area contributed by atoms with Gasteiger partial charge in [0.15, 0.2) is 0 Å². The number of benzene rings is 2. The van der Waals surface area contributed by atoms with E-state index < -0.39 is 0 Å². The fraction of sp³-hybridized carbons (Fsp3) is 0.409. The summed E-state index contributed by atoms with van der Waals surface area (Å²) >= 11 is 0. The van der Waals surface area contributed by atoms with Crippen molar-refractivity contribution >= 4 is 5.91 Å². The summed E-state index contributed by atoms with van der Waals surface area (Å²) in [6.45, 7) is 3.94. The molecule has 3 rings (SSSR count). The first kappa shape index (κ1) is 17.7. The van der Waals surface area contributed by atoms with E-state index in [1.54, 1.807) is 0 Å². The summed E-state index contributed by atoms with van der Waals surface area (Å²) in [5.41, 5.74) is 8.35. The summed E-state index contributed by atoms with van der Waals surface area (Å²) in [6.07, 6.45) is 3.08. The van der Waals surface area contributed by atoms with E-state index in [1.807, 2.05) is 6.92 Å². The zero-order valence-corrected chi connectivity index (χ0v) is 15.0. The van der Waals surface area contributed by atoms with Crippen LogP contribution in [0.1, 0.15) is 43.2 Å². The summed E-state index contributed by atoms with van der Waals surface area (Å²) in [6, 6.07) is 21.4. The Bertz CT molecular complexity index is 631.